The molecule has 0 saturated carbocycles. The highest BCUT2D eigenvalue weighted by molar-refractivity contribution is 5.85. The van der Waals surface area contributed by atoms with Gasteiger partial charge in [0.15, 0.2) is 0 Å². The molecule has 0 radical (unpaired) electrons. The Balaban J connectivity index is 0. The summed E-state index contributed by atoms with van der Waals surface area (Å²) < 4.78 is 0. The van der Waals surface area contributed by atoms with E-state index < -0.39 is 0 Å². The molecule has 0 fully saturated rings. The van der Waals surface area contributed by atoms with E-state index >= 15 is 0 Å². The van der Waals surface area contributed by atoms with E-state index in [2.05, 4.69) is 5.32 Å². The molecule has 1 amide bonds. The molecule has 10 heavy (non-hydrogen) atoms. The molecule has 0 rings (SSSR count). The predicted octanol–water partition coefficient (Wildman–Crippen LogP) is 0.104. The lowest BCUT2D eigenvalue weighted by atomic mass is 10.3. The van der Waals surface area contributed by atoms with Crippen LogP contribution in [0.15, 0.2) is 0 Å². The number of carbonyl (C=O) groups is 1. The Morgan fingerprint density at radius 2 is 1.90 bits per heavy atom. The zero-order valence-corrected chi connectivity index (χ0v) is 7.66. The summed E-state index contributed by atoms with van der Waals surface area (Å²) >= 11 is 0. The summed E-state index contributed by atoms with van der Waals surface area (Å²) in [6.07, 6.45) is 0. The van der Waals surface area contributed by atoms with Gasteiger partial charge in [0.2, 0.25) is 5.91 Å². The van der Waals surface area contributed by atoms with Gasteiger partial charge in [-0.25, -0.2) is 0 Å². The van der Waals surface area contributed by atoms with Gasteiger partial charge in [-0.3, -0.25) is 4.79 Å². The molecular formula is C6H15ClN2O. The molecular weight excluding hydrogens is 152 g/mol. The quantitative estimate of drug-likeness (QED) is 0.632. The first-order valence-corrected chi connectivity index (χ1v) is 2.98. The Bertz CT molecular complexity index is 106. The Labute approximate surface area is 68.2 Å². The minimum absolute atomic E-state index is 0. The van der Waals surface area contributed by atoms with Crippen LogP contribution in [0.1, 0.15) is 6.92 Å². The molecule has 0 aromatic rings. The first-order valence-electron chi connectivity index (χ1n) is 2.98. The first-order chi connectivity index (χ1) is 4.09. The second-order valence-electron chi connectivity index (χ2n) is 2.24. The van der Waals surface area contributed by atoms with Crippen LogP contribution in [0, 0.1) is 0 Å². The average Bonchev–Trinajstić information content (AvgIpc) is 1.84. The van der Waals surface area contributed by atoms with Crippen LogP contribution in [0.5, 0.6) is 0 Å². The van der Waals surface area contributed by atoms with Crippen molar-refractivity contribution in [2.75, 3.05) is 21.1 Å². The van der Waals surface area contributed by atoms with Gasteiger partial charge in [0, 0.05) is 14.1 Å². The molecule has 1 atom stereocenters. The monoisotopic (exact) mass is 166 g/mol. The summed E-state index contributed by atoms with van der Waals surface area (Å²) in [5.74, 6) is 0.109. The first kappa shape index (κ1) is 12.4. The molecule has 0 aliphatic carbocycles. The van der Waals surface area contributed by atoms with Crippen molar-refractivity contribution in [1.29, 1.82) is 0 Å². The van der Waals surface area contributed by atoms with Gasteiger partial charge in [-0.05, 0) is 14.0 Å². The second-order valence-corrected chi connectivity index (χ2v) is 2.24. The topological polar surface area (TPSA) is 32.3 Å². The number of halogens is 1. The summed E-state index contributed by atoms with van der Waals surface area (Å²) in [6, 6.07) is -0.0694. The summed E-state index contributed by atoms with van der Waals surface area (Å²) in [4.78, 5) is 12.5. The molecule has 62 valence electrons. The van der Waals surface area contributed by atoms with Gasteiger partial charge < -0.3 is 10.2 Å². The number of nitrogens with zero attached hydrogens (tertiary/aromatic N) is 1. The maximum atomic E-state index is 10.9. The van der Waals surface area contributed by atoms with Crippen molar-refractivity contribution >= 4 is 18.3 Å². The summed E-state index contributed by atoms with van der Waals surface area (Å²) in [7, 11) is 5.26. The fraction of sp³-hybridized carbons (Fsp3) is 0.833. The Kier molecular flexibility index (Phi) is 6.82. The lowest BCUT2D eigenvalue weighted by Gasteiger charge is -2.15. The van der Waals surface area contributed by atoms with Crippen LogP contribution in [0.4, 0.5) is 0 Å². The van der Waals surface area contributed by atoms with Crippen LogP contribution in [0.25, 0.3) is 0 Å². The van der Waals surface area contributed by atoms with E-state index in [9.17, 15) is 4.79 Å². The fourth-order valence-electron chi connectivity index (χ4n) is 0.511. The van der Waals surface area contributed by atoms with Crippen molar-refractivity contribution in [1.82, 2.24) is 10.2 Å². The lowest BCUT2D eigenvalue weighted by molar-refractivity contribution is -0.130. The third-order valence-electron chi connectivity index (χ3n) is 1.24. The van der Waals surface area contributed by atoms with E-state index in [1.807, 2.05) is 6.92 Å². The van der Waals surface area contributed by atoms with Gasteiger partial charge in [0.25, 0.3) is 0 Å². The molecule has 0 saturated heterocycles. The van der Waals surface area contributed by atoms with Crippen molar-refractivity contribution in [2.45, 2.75) is 13.0 Å². The highest BCUT2D eigenvalue weighted by Crippen LogP contribution is 1.85. The molecule has 1 N–H and O–H groups in total. The predicted molar refractivity (Wildman–Crippen MR) is 44.5 cm³/mol. The average molecular weight is 167 g/mol. The van der Waals surface area contributed by atoms with Crippen molar-refractivity contribution in [3.05, 3.63) is 0 Å². The van der Waals surface area contributed by atoms with Crippen LogP contribution in [-0.2, 0) is 4.79 Å². The number of hydrogen-bond acceptors (Lipinski definition) is 2. The molecule has 0 unspecified atom stereocenters. The minimum Gasteiger partial charge on any atom is -0.347 e. The zero-order chi connectivity index (χ0) is 7.44. The standard InChI is InChI=1S/C6H14N2O.ClH/c1-5(7-2)6(9)8(3)4;/h5,7H,1-4H3;1H/t5-;/m0./s1. The minimum atomic E-state index is -0.0694. The number of rotatable bonds is 2. The normalized spacial score (nSPS) is 11.6. The summed E-state index contributed by atoms with van der Waals surface area (Å²) in [5.41, 5.74) is 0. The molecule has 3 nitrogen and oxygen atoms in total. The third-order valence-corrected chi connectivity index (χ3v) is 1.24. The van der Waals surface area contributed by atoms with E-state index in [0.717, 1.165) is 0 Å². The van der Waals surface area contributed by atoms with Crippen molar-refractivity contribution in [3.8, 4) is 0 Å². The zero-order valence-electron chi connectivity index (χ0n) is 6.84. The highest BCUT2D eigenvalue weighted by Gasteiger charge is 2.10. The van der Waals surface area contributed by atoms with Gasteiger partial charge >= 0.3 is 0 Å². The van der Waals surface area contributed by atoms with Gasteiger partial charge in [-0.1, -0.05) is 0 Å². The van der Waals surface area contributed by atoms with E-state index in [1.165, 1.54) is 0 Å². The number of amides is 1. The molecule has 0 bridgehead atoms. The second kappa shape index (κ2) is 5.50. The van der Waals surface area contributed by atoms with Crippen molar-refractivity contribution in [3.63, 3.8) is 0 Å². The third kappa shape index (κ3) is 3.69. The maximum absolute atomic E-state index is 10.9. The smallest absolute Gasteiger partial charge is 0.238 e. The van der Waals surface area contributed by atoms with E-state index in [4.69, 9.17) is 0 Å². The van der Waals surface area contributed by atoms with Gasteiger partial charge in [-0.15, -0.1) is 12.4 Å². The van der Waals surface area contributed by atoms with E-state index in [-0.39, 0.29) is 24.4 Å². The van der Waals surface area contributed by atoms with Crippen LogP contribution in [-0.4, -0.2) is 38.0 Å². The summed E-state index contributed by atoms with van der Waals surface area (Å²) in [5, 5.41) is 2.85. The van der Waals surface area contributed by atoms with Gasteiger partial charge in [-0.2, -0.15) is 0 Å². The lowest BCUT2D eigenvalue weighted by Crippen LogP contribution is -2.39. The summed E-state index contributed by atoms with van der Waals surface area (Å²) in [6.45, 7) is 1.84. The molecule has 4 heteroatoms. The van der Waals surface area contributed by atoms with Crippen LogP contribution in [0.3, 0.4) is 0 Å². The molecule has 0 aromatic carbocycles. The number of carbonyl (C=O) groups excluding carboxylic acids is 1. The molecule has 0 spiro atoms. The molecule has 0 heterocycles. The SMILES string of the molecule is CN[C@@H](C)C(=O)N(C)C.Cl. The van der Waals surface area contributed by atoms with Crippen LogP contribution < -0.4 is 5.32 Å². The Hall–Kier alpha value is -0.280. The van der Waals surface area contributed by atoms with Crippen LogP contribution >= 0.6 is 12.4 Å². The maximum Gasteiger partial charge on any atom is 0.238 e. The van der Waals surface area contributed by atoms with Crippen molar-refractivity contribution in [2.24, 2.45) is 0 Å². The van der Waals surface area contributed by atoms with Crippen LogP contribution in [0.2, 0.25) is 0 Å². The molecule has 0 aliphatic heterocycles. The van der Waals surface area contributed by atoms with Crippen molar-refractivity contribution < 1.29 is 4.79 Å². The molecule has 0 aliphatic rings. The highest BCUT2D eigenvalue weighted by atomic mass is 35.5. The van der Waals surface area contributed by atoms with Gasteiger partial charge in [0.1, 0.15) is 0 Å². The Morgan fingerprint density at radius 3 is 2.00 bits per heavy atom. The number of likely N-dealkylation sites (N-methyl/N-ethyl adjacent to an activating group) is 2. The van der Waals surface area contributed by atoms with Gasteiger partial charge in [0.05, 0.1) is 6.04 Å². The fourth-order valence-corrected chi connectivity index (χ4v) is 0.511. The number of nitrogens with one attached hydrogen (secondary N) is 1. The Morgan fingerprint density at radius 1 is 1.50 bits per heavy atom. The number of hydrogen-bond donors (Lipinski definition) is 1. The largest absolute Gasteiger partial charge is 0.347 e. The van der Waals surface area contributed by atoms with E-state index in [0.29, 0.717) is 0 Å². The molecule has 0 aromatic heterocycles. The van der Waals surface area contributed by atoms with E-state index in [1.54, 1.807) is 26.0 Å².